The van der Waals surface area contributed by atoms with Crippen LogP contribution in [0.5, 0.6) is 5.75 Å². The van der Waals surface area contributed by atoms with E-state index in [-0.39, 0.29) is 0 Å². The predicted octanol–water partition coefficient (Wildman–Crippen LogP) is 2.50. The number of rotatable bonds is 4. The van der Waals surface area contributed by atoms with Gasteiger partial charge < -0.3 is 15.4 Å². The molecule has 1 aromatic carbocycles. The predicted molar refractivity (Wildman–Crippen MR) is 92.7 cm³/mol. The first-order chi connectivity index (χ1) is 11.8. The van der Waals surface area contributed by atoms with E-state index in [9.17, 15) is 0 Å². The van der Waals surface area contributed by atoms with Crippen LogP contribution in [-0.2, 0) is 0 Å². The molecule has 0 amide bonds. The van der Waals surface area contributed by atoms with Gasteiger partial charge in [-0.05, 0) is 38.1 Å². The van der Waals surface area contributed by atoms with Gasteiger partial charge in [-0.15, -0.1) is 0 Å². The average molecular weight is 324 g/mol. The van der Waals surface area contributed by atoms with E-state index in [2.05, 4.69) is 25.7 Å². The summed E-state index contributed by atoms with van der Waals surface area (Å²) >= 11 is 0. The molecule has 3 aromatic rings. The van der Waals surface area contributed by atoms with Gasteiger partial charge >= 0.3 is 0 Å². The highest BCUT2D eigenvalue weighted by atomic mass is 16.5. The molecule has 0 bridgehead atoms. The van der Waals surface area contributed by atoms with E-state index in [0.717, 1.165) is 54.2 Å². The largest absolute Gasteiger partial charge is 0.497 e. The van der Waals surface area contributed by atoms with Crippen LogP contribution in [-0.4, -0.2) is 39.9 Å². The summed E-state index contributed by atoms with van der Waals surface area (Å²) in [7, 11) is 1.66. The van der Waals surface area contributed by atoms with Crippen molar-refractivity contribution in [2.45, 2.75) is 18.9 Å². The van der Waals surface area contributed by atoms with Crippen molar-refractivity contribution in [3.05, 3.63) is 36.8 Å². The SMILES string of the molecule is COc1cccc(Nc2ncnc3c2cnn3C2CCNCC2)c1. The highest BCUT2D eigenvalue weighted by molar-refractivity contribution is 5.88. The van der Waals surface area contributed by atoms with Gasteiger partial charge in [0.05, 0.1) is 24.7 Å². The maximum Gasteiger partial charge on any atom is 0.163 e. The van der Waals surface area contributed by atoms with Gasteiger partial charge in [0.1, 0.15) is 17.9 Å². The zero-order valence-corrected chi connectivity index (χ0v) is 13.6. The second kappa shape index (κ2) is 6.45. The number of hydrogen-bond acceptors (Lipinski definition) is 6. The number of ether oxygens (including phenoxy) is 1. The molecule has 1 saturated heterocycles. The van der Waals surface area contributed by atoms with E-state index in [0.29, 0.717) is 6.04 Å². The van der Waals surface area contributed by atoms with Crippen LogP contribution in [0.1, 0.15) is 18.9 Å². The number of aromatic nitrogens is 4. The van der Waals surface area contributed by atoms with Crippen LogP contribution in [0.3, 0.4) is 0 Å². The molecule has 1 aliphatic heterocycles. The minimum Gasteiger partial charge on any atom is -0.497 e. The van der Waals surface area contributed by atoms with Crippen LogP contribution >= 0.6 is 0 Å². The van der Waals surface area contributed by atoms with E-state index < -0.39 is 0 Å². The second-order valence-corrected chi connectivity index (χ2v) is 5.89. The van der Waals surface area contributed by atoms with Crippen LogP contribution in [0.2, 0.25) is 0 Å². The van der Waals surface area contributed by atoms with E-state index >= 15 is 0 Å². The van der Waals surface area contributed by atoms with Gasteiger partial charge in [-0.1, -0.05) is 6.07 Å². The molecule has 7 heteroatoms. The molecule has 2 aromatic heterocycles. The third-order valence-electron chi connectivity index (χ3n) is 4.38. The Hall–Kier alpha value is -2.67. The standard InChI is InChI=1S/C17H20N6O/c1-24-14-4-2-3-12(9-14)22-16-15-10-21-23(17(15)20-11-19-16)13-5-7-18-8-6-13/h2-4,9-11,13,18H,5-8H2,1H3,(H,19,20,22). The maximum atomic E-state index is 5.27. The number of nitrogens with one attached hydrogen (secondary N) is 2. The van der Waals surface area contributed by atoms with Gasteiger partial charge in [0.25, 0.3) is 0 Å². The molecule has 1 aliphatic rings. The summed E-state index contributed by atoms with van der Waals surface area (Å²) in [5.74, 6) is 1.56. The first kappa shape index (κ1) is 14.9. The van der Waals surface area contributed by atoms with Crippen molar-refractivity contribution in [3.63, 3.8) is 0 Å². The van der Waals surface area contributed by atoms with E-state index in [4.69, 9.17) is 4.74 Å². The first-order valence-corrected chi connectivity index (χ1v) is 8.15. The van der Waals surface area contributed by atoms with Crippen LogP contribution in [0.15, 0.2) is 36.8 Å². The van der Waals surface area contributed by atoms with Gasteiger partial charge in [0.2, 0.25) is 0 Å². The second-order valence-electron chi connectivity index (χ2n) is 5.89. The fourth-order valence-electron chi connectivity index (χ4n) is 3.12. The van der Waals surface area contributed by atoms with E-state index in [1.807, 2.05) is 35.1 Å². The van der Waals surface area contributed by atoms with Crippen molar-refractivity contribution < 1.29 is 4.74 Å². The Morgan fingerprint density at radius 3 is 2.96 bits per heavy atom. The van der Waals surface area contributed by atoms with Crippen molar-refractivity contribution in [2.75, 3.05) is 25.5 Å². The van der Waals surface area contributed by atoms with Gasteiger partial charge in [0, 0.05) is 11.8 Å². The molecular formula is C17H20N6O. The molecule has 0 spiro atoms. The third-order valence-corrected chi connectivity index (χ3v) is 4.38. The monoisotopic (exact) mass is 324 g/mol. The van der Waals surface area contributed by atoms with Crippen LogP contribution in [0, 0.1) is 0 Å². The molecule has 0 saturated carbocycles. The molecule has 3 heterocycles. The Kier molecular flexibility index (Phi) is 4.00. The van der Waals surface area contributed by atoms with Crippen molar-refractivity contribution >= 4 is 22.5 Å². The normalized spacial score (nSPS) is 15.5. The van der Waals surface area contributed by atoms with Crippen molar-refractivity contribution in [2.24, 2.45) is 0 Å². The number of hydrogen-bond donors (Lipinski definition) is 2. The van der Waals surface area contributed by atoms with Crippen LogP contribution in [0.25, 0.3) is 11.0 Å². The summed E-state index contributed by atoms with van der Waals surface area (Å²) in [5, 5.41) is 12.2. The Bertz CT molecular complexity index is 840. The Labute approximate surface area is 140 Å². The lowest BCUT2D eigenvalue weighted by atomic mass is 10.1. The quantitative estimate of drug-likeness (QED) is 0.768. The van der Waals surface area contributed by atoms with Crippen molar-refractivity contribution in [3.8, 4) is 5.75 Å². The zero-order valence-electron chi connectivity index (χ0n) is 13.6. The summed E-state index contributed by atoms with van der Waals surface area (Å²) in [6.45, 7) is 2.04. The highest BCUT2D eigenvalue weighted by Gasteiger charge is 2.19. The number of piperidine rings is 1. The van der Waals surface area contributed by atoms with Gasteiger partial charge in [0.15, 0.2) is 5.65 Å². The summed E-state index contributed by atoms with van der Waals surface area (Å²) in [6, 6.07) is 8.16. The topological polar surface area (TPSA) is 76.9 Å². The van der Waals surface area contributed by atoms with Gasteiger partial charge in [-0.3, -0.25) is 0 Å². The Morgan fingerprint density at radius 1 is 1.25 bits per heavy atom. The molecule has 2 N–H and O–H groups in total. The number of benzene rings is 1. The lowest BCUT2D eigenvalue weighted by Crippen LogP contribution is -2.29. The first-order valence-electron chi connectivity index (χ1n) is 8.15. The molecule has 0 atom stereocenters. The third kappa shape index (κ3) is 2.78. The minimum atomic E-state index is 0.392. The smallest absolute Gasteiger partial charge is 0.163 e. The van der Waals surface area contributed by atoms with E-state index in [1.54, 1.807) is 13.4 Å². The summed E-state index contributed by atoms with van der Waals surface area (Å²) < 4.78 is 7.30. The maximum absolute atomic E-state index is 5.27. The number of anilines is 2. The van der Waals surface area contributed by atoms with Gasteiger partial charge in [-0.25, -0.2) is 14.6 Å². The molecule has 124 valence electrons. The summed E-state index contributed by atoms with van der Waals surface area (Å²) in [4.78, 5) is 8.84. The van der Waals surface area contributed by atoms with Gasteiger partial charge in [-0.2, -0.15) is 5.10 Å². The number of methoxy groups -OCH3 is 1. The fourth-order valence-corrected chi connectivity index (χ4v) is 3.12. The molecule has 7 nitrogen and oxygen atoms in total. The van der Waals surface area contributed by atoms with E-state index in [1.165, 1.54) is 0 Å². The number of nitrogens with zero attached hydrogens (tertiary/aromatic N) is 4. The number of fused-ring (bicyclic) bond motifs is 1. The van der Waals surface area contributed by atoms with Crippen molar-refractivity contribution in [1.29, 1.82) is 0 Å². The molecule has 0 radical (unpaired) electrons. The van der Waals surface area contributed by atoms with Crippen LogP contribution in [0.4, 0.5) is 11.5 Å². The summed E-state index contributed by atoms with van der Waals surface area (Å²) in [5.41, 5.74) is 1.80. The highest BCUT2D eigenvalue weighted by Crippen LogP contribution is 2.28. The molecule has 1 fully saturated rings. The fraction of sp³-hybridized carbons (Fsp3) is 0.353. The lowest BCUT2D eigenvalue weighted by Gasteiger charge is -2.23. The average Bonchev–Trinajstić information content (AvgIpc) is 3.08. The molecule has 24 heavy (non-hydrogen) atoms. The van der Waals surface area contributed by atoms with Crippen molar-refractivity contribution in [1.82, 2.24) is 25.1 Å². The molecule has 0 aliphatic carbocycles. The molecule has 0 unspecified atom stereocenters. The zero-order chi connectivity index (χ0) is 16.4. The minimum absolute atomic E-state index is 0.392. The molecule has 4 rings (SSSR count). The lowest BCUT2D eigenvalue weighted by molar-refractivity contribution is 0.349. The summed E-state index contributed by atoms with van der Waals surface area (Å²) in [6.07, 6.45) is 5.57. The Balaban J connectivity index is 1.67. The Morgan fingerprint density at radius 2 is 2.12 bits per heavy atom. The molecular weight excluding hydrogens is 304 g/mol. The van der Waals surface area contributed by atoms with Crippen LogP contribution < -0.4 is 15.4 Å².